The maximum Gasteiger partial charge on any atom is 0.168 e. The summed E-state index contributed by atoms with van der Waals surface area (Å²) in [6.45, 7) is 6.57. The van der Waals surface area contributed by atoms with Crippen LogP contribution in [0.5, 0.6) is 0 Å². The van der Waals surface area contributed by atoms with E-state index in [1.165, 1.54) is 5.56 Å². The van der Waals surface area contributed by atoms with Crippen LogP contribution in [0.2, 0.25) is 0 Å². The number of Topliss-reactive ketones (excluding diaryl/α,β-unsaturated/α-hetero) is 1. The molecule has 0 amide bonds. The summed E-state index contributed by atoms with van der Waals surface area (Å²) < 4.78 is 0. The highest BCUT2D eigenvalue weighted by Crippen LogP contribution is 2.28. The minimum Gasteiger partial charge on any atom is -0.354 e. The van der Waals surface area contributed by atoms with E-state index in [2.05, 4.69) is 39.9 Å². The summed E-state index contributed by atoms with van der Waals surface area (Å²) in [5.74, 6) is 4.39. The first-order chi connectivity index (χ1) is 15.7. The third-order valence-electron chi connectivity index (χ3n) is 6.38. The van der Waals surface area contributed by atoms with Crippen LogP contribution < -0.4 is 4.90 Å². The average molecular weight is 448 g/mol. The molecule has 32 heavy (non-hydrogen) atoms. The summed E-state index contributed by atoms with van der Waals surface area (Å²) in [6.07, 6.45) is 5.33. The average Bonchev–Trinajstić information content (AvgIpc) is 2.84. The van der Waals surface area contributed by atoms with Crippen molar-refractivity contribution in [1.82, 2.24) is 19.9 Å². The van der Waals surface area contributed by atoms with Crippen molar-refractivity contribution >= 4 is 34.3 Å². The Hall–Kier alpha value is -2.51. The molecule has 166 valence electrons. The molecule has 2 aromatic heterocycles. The van der Waals surface area contributed by atoms with E-state index < -0.39 is 0 Å². The molecule has 0 aliphatic carbocycles. The van der Waals surface area contributed by atoms with Crippen molar-refractivity contribution in [2.24, 2.45) is 5.92 Å². The molecule has 0 radical (unpaired) electrons. The van der Waals surface area contributed by atoms with Crippen molar-refractivity contribution in [2.45, 2.75) is 26.3 Å². The number of hydrogen-bond acceptors (Lipinski definition) is 7. The Balaban J connectivity index is 1.38. The third-order valence-corrected chi connectivity index (χ3v) is 7.32. The third kappa shape index (κ3) is 4.64. The second-order valence-corrected chi connectivity index (χ2v) is 9.99. The van der Waals surface area contributed by atoms with Gasteiger partial charge in [-0.2, -0.15) is 11.8 Å². The van der Waals surface area contributed by atoms with Crippen LogP contribution in [0.15, 0.2) is 42.7 Å². The Labute approximate surface area is 193 Å². The van der Waals surface area contributed by atoms with Gasteiger partial charge in [-0.3, -0.25) is 14.7 Å². The number of carbonyl (C=O) groups excluding carboxylic acids is 1. The minimum atomic E-state index is 0.00893. The van der Waals surface area contributed by atoms with Gasteiger partial charge < -0.3 is 4.90 Å². The van der Waals surface area contributed by atoms with Gasteiger partial charge in [0.05, 0.1) is 12.1 Å². The summed E-state index contributed by atoms with van der Waals surface area (Å²) in [7, 11) is 0. The molecule has 0 unspecified atom stereocenters. The van der Waals surface area contributed by atoms with E-state index in [1.54, 1.807) is 12.4 Å². The summed E-state index contributed by atoms with van der Waals surface area (Å²) >= 11 is 2.01. The number of carbonyl (C=O) groups is 1. The van der Waals surface area contributed by atoms with E-state index in [0.29, 0.717) is 12.1 Å². The topological polar surface area (TPSA) is 62.2 Å². The fraction of sp³-hybridized carbons (Fsp3) is 0.440. The van der Waals surface area contributed by atoms with Gasteiger partial charge in [0.25, 0.3) is 0 Å². The van der Waals surface area contributed by atoms with Crippen LogP contribution in [0, 0.1) is 12.8 Å². The molecule has 6 nitrogen and oxygen atoms in total. The molecule has 0 spiro atoms. The zero-order valence-electron chi connectivity index (χ0n) is 18.5. The number of fused-ring (bicyclic) bond motifs is 1. The normalized spacial score (nSPS) is 19.9. The van der Waals surface area contributed by atoms with E-state index in [1.807, 2.05) is 23.9 Å². The molecule has 0 bridgehead atoms. The number of pyridine rings is 1. The molecular weight excluding hydrogens is 418 g/mol. The second-order valence-electron chi connectivity index (χ2n) is 8.76. The molecule has 3 aromatic rings. The maximum absolute atomic E-state index is 13.0. The van der Waals surface area contributed by atoms with Gasteiger partial charge >= 0.3 is 0 Å². The van der Waals surface area contributed by atoms with Crippen molar-refractivity contribution < 1.29 is 4.79 Å². The second kappa shape index (κ2) is 9.55. The van der Waals surface area contributed by atoms with Crippen molar-refractivity contribution in [3.05, 3.63) is 59.7 Å². The smallest absolute Gasteiger partial charge is 0.168 e. The van der Waals surface area contributed by atoms with Gasteiger partial charge in [-0.1, -0.05) is 11.6 Å². The van der Waals surface area contributed by atoms with Gasteiger partial charge in [-0.15, -0.1) is 0 Å². The summed E-state index contributed by atoms with van der Waals surface area (Å²) in [5.41, 5.74) is 2.95. The molecule has 2 saturated heterocycles. The lowest BCUT2D eigenvalue weighted by atomic mass is 9.90. The molecule has 4 heterocycles. The van der Waals surface area contributed by atoms with Gasteiger partial charge in [0.15, 0.2) is 5.78 Å². The van der Waals surface area contributed by atoms with Crippen molar-refractivity contribution in [3.63, 3.8) is 0 Å². The minimum absolute atomic E-state index is 0.00893. The zero-order chi connectivity index (χ0) is 21.9. The lowest BCUT2D eigenvalue weighted by Crippen LogP contribution is -2.39. The van der Waals surface area contributed by atoms with Crippen LogP contribution in [-0.4, -0.2) is 63.3 Å². The predicted octanol–water partition coefficient (Wildman–Crippen LogP) is 3.98. The summed E-state index contributed by atoms with van der Waals surface area (Å²) in [5, 5.41) is 1.14. The molecule has 0 saturated carbocycles. The van der Waals surface area contributed by atoms with Gasteiger partial charge in [-0.25, -0.2) is 9.97 Å². The number of hydrogen-bond donors (Lipinski definition) is 0. The molecule has 0 N–H and O–H groups in total. The van der Waals surface area contributed by atoms with Crippen molar-refractivity contribution in [1.29, 1.82) is 0 Å². The number of thioether (sulfide) groups is 1. The summed E-state index contributed by atoms with van der Waals surface area (Å²) in [6, 6.07) is 10.1. The van der Waals surface area contributed by atoms with E-state index in [9.17, 15) is 4.79 Å². The van der Waals surface area contributed by atoms with E-state index >= 15 is 0 Å². The summed E-state index contributed by atoms with van der Waals surface area (Å²) in [4.78, 5) is 31.8. The number of aromatic nitrogens is 3. The van der Waals surface area contributed by atoms with E-state index in [0.717, 1.165) is 73.1 Å². The highest BCUT2D eigenvalue weighted by atomic mass is 32.2. The van der Waals surface area contributed by atoms with Gasteiger partial charge in [-0.05, 0) is 50.6 Å². The number of benzene rings is 1. The van der Waals surface area contributed by atoms with Crippen LogP contribution in [0.3, 0.4) is 0 Å². The molecule has 1 atom stereocenters. The Morgan fingerprint density at radius 2 is 2.03 bits per heavy atom. The quantitative estimate of drug-likeness (QED) is 0.548. The van der Waals surface area contributed by atoms with Gasteiger partial charge in [0.2, 0.25) is 0 Å². The van der Waals surface area contributed by atoms with Crippen molar-refractivity contribution in [2.75, 3.05) is 42.6 Å². The van der Waals surface area contributed by atoms with Crippen LogP contribution in [0.1, 0.15) is 34.6 Å². The van der Waals surface area contributed by atoms with Gasteiger partial charge in [0.1, 0.15) is 11.6 Å². The molecule has 1 aromatic carbocycles. The number of piperidine rings is 1. The van der Waals surface area contributed by atoms with Crippen LogP contribution >= 0.6 is 11.8 Å². The number of ketones is 1. The Kier molecular flexibility index (Phi) is 6.37. The van der Waals surface area contributed by atoms with Gasteiger partial charge in [0, 0.05) is 60.4 Å². The number of rotatable bonds is 5. The fourth-order valence-electron chi connectivity index (χ4n) is 4.72. The molecule has 2 aliphatic heterocycles. The standard InChI is InChI=1S/C25H29N5OS/c1-18-6-7-22-21(14-18)25(30-10-12-32-13-11-30)28-23(27-22)17-29-9-3-5-20(16-29)24(31)19-4-2-8-26-15-19/h2,4,6-8,14-15,20H,3,5,9-13,16-17H2,1H3/t20-/m1/s1. The van der Waals surface area contributed by atoms with Crippen LogP contribution in [-0.2, 0) is 6.54 Å². The molecule has 5 rings (SSSR count). The van der Waals surface area contributed by atoms with Crippen molar-refractivity contribution in [3.8, 4) is 0 Å². The monoisotopic (exact) mass is 447 g/mol. The first-order valence-corrected chi connectivity index (χ1v) is 12.6. The fourth-order valence-corrected chi connectivity index (χ4v) is 5.62. The van der Waals surface area contributed by atoms with Crippen LogP contribution in [0.25, 0.3) is 10.9 Å². The lowest BCUT2D eigenvalue weighted by Gasteiger charge is -2.32. The maximum atomic E-state index is 13.0. The molecule has 7 heteroatoms. The largest absolute Gasteiger partial charge is 0.354 e. The molecular formula is C25H29N5OS. The van der Waals surface area contributed by atoms with Crippen LogP contribution in [0.4, 0.5) is 5.82 Å². The highest BCUT2D eigenvalue weighted by molar-refractivity contribution is 7.99. The SMILES string of the molecule is Cc1ccc2nc(CN3CCC[C@@H](C(=O)c4cccnc4)C3)nc(N3CCSCC3)c2c1. The predicted molar refractivity (Wildman–Crippen MR) is 130 cm³/mol. The molecule has 2 aliphatic rings. The first-order valence-electron chi connectivity index (χ1n) is 11.4. The Bertz CT molecular complexity index is 1100. The molecule has 2 fully saturated rings. The number of anilines is 1. The Morgan fingerprint density at radius 1 is 1.16 bits per heavy atom. The zero-order valence-corrected chi connectivity index (χ0v) is 19.4. The number of likely N-dealkylation sites (tertiary alicyclic amines) is 1. The highest BCUT2D eigenvalue weighted by Gasteiger charge is 2.27. The van der Waals surface area contributed by atoms with E-state index in [4.69, 9.17) is 9.97 Å². The first kappa shape index (κ1) is 21.3. The number of aryl methyl sites for hydroxylation is 1. The lowest BCUT2D eigenvalue weighted by molar-refractivity contribution is 0.0808. The van der Waals surface area contributed by atoms with E-state index in [-0.39, 0.29) is 11.7 Å². The Morgan fingerprint density at radius 3 is 2.84 bits per heavy atom. The number of nitrogens with zero attached hydrogens (tertiary/aromatic N) is 5.